The van der Waals surface area contributed by atoms with Crippen LogP contribution in [0.3, 0.4) is 0 Å². The maximum Gasteiger partial charge on any atom is 0.324 e. The maximum absolute atomic E-state index is 12.7. The molecule has 0 radical (unpaired) electrons. The summed E-state index contributed by atoms with van der Waals surface area (Å²) >= 11 is 12.2. The van der Waals surface area contributed by atoms with Crippen LogP contribution < -0.4 is 16.4 Å². The third-order valence-electron chi connectivity index (χ3n) is 4.79. The number of rotatable bonds is 7. The van der Waals surface area contributed by atoms with Crippen molar-refractivity contribution in [3.05, 3.63) is 69.8 Å². The van der Waals surface area contributed by atoms with E-state index in [2.05, 4.69) is 24.5 Å². The molecule has 0 bridgehead atoms. The number of hydrogen-bond acceptors (Lipinski definition) is 3. The standard InChI is InChI=1S/C22H25Cl2N5O/c1-3-6-14(2)19-12-20(29(28-19)16-8-4-7-15(11-16)13-25)27-22(30)26-18-10-5-9-17(23)21(18)24/h4-5,7-12,14H,3,6,13,25H2,1-2H3,(H2,26,27,30). The Hall–Kier alpha value is -2.54. The van der Waals surface area contributed by atoms with Gasteiger partial charge in [0.25, 0.3) is 0 Å². The van der Waals surface area contributed by atoms with Crippen LogP contribution in [0.1, 0.15) is 43.9 Å². The number of anilines is 2. The van der Waals surface area contributed by atoms with Gasteiger partial charge in [0.1, 0.15) is 5.82 Å². The third kappa shape index (κ3) is 5.14. The van der Waals surface area contributed by atoms with Crippen molar-refractivity contribution in [2.24, 2.45) is 5.73 Å². The smallest absolute Gasteiger partial charge is 0.324 e. The average molecular weight is 446 g/mol. The molecule has 0 fully saturated rings. The molecule has 2 amide bonds. The average Bonchev–Trinajstić information content (AvgIpc) is 3.15. The molecule has 4 N–H and O–H groups in total. The molecule has 3 rings (SSSR count). The van der Waals surface area contributed by atoms with E-state index in [4.69, 9.17) is 34.0 Å². The normalized spacial score (nSPS) is 11.9. The summed E-state index contributed by atoms with van der Waals surface area (Å²) in [5.41, 5.74) is 8.93. The summed E-state index contributed by atoms with van der Waals surface area (Å²) in [4.78, 5) is 12.7. The van der Waals surface area contributed by atoms with Gasteiger partial charge in [-0.3, -0.25) is 5.32 Å². The van der Waals surface area contributed by atoms with Crippen LogP contribution in [-0.2, 0) is 6.54 Å². The number of aromatic nitrogens is 2. The summed E-state index contributed by atoms with van der Waals surface area (Å²) in [6, 6.07) is 14.3. The highest BCUT2D eigenvalue weighted by atomic mass is 35.5. The highest BCUT2D eigenvalue weighted by Gasteiger charge is 2.17. The predicted octanol–water partition coefficient (Wildman–Crippen LogP) is 6.19. The maximum atomic E-state index is 12.7. The second-order valence-electron chi connectivity index (χ2n) is 7.11. The lowest BCUT2D eigenvalue weighted by atomic mass is 10.0. The summed E-state index contributed by atoms with van der Waals surface area (Å²) in [5, 5.41) is 11.0. The molecule has 3 aromatic rings. The largest absolute Gasteiger partial charge is 0.326 e. The number of carbonyl (C=O) groups is 1. The fourth-order valence-corrected chi connectivity index (χ4v) is 3.54. The summed E-state index contributed by atoms with van der Waals surface area (Å²) in [6.45, 7) is 4.69. The van der Waals surface area contributed by atoms with E-state index in [1.54, 1.807) is 22.9 Å². The first-order valence-corrected chi connectivity index (χ1v) is 10.6. The lowest BCUT2D eigenvalue weighted by Gasteiger charge is -2.12. The minimum atomic E-state index is -0.440. The number of halogens is 2. The number of nitrogens with zero attached hydrogens (tertiary/aromatic N) is 2. The Morgan fingerprint density at radius 2 is 1.93 bits per heavy atom. The number of nitrogens with two attached hydrogens (primary N) is 1. The third-order valence-corrected chi connectivity index (χ3v) is 5.61. The second-order valence-corrected chi connectivity index (χ2v) is 7.90. The highest BCUT2D eigenvalue weighted by molar-refractivity contribution is 6.44. The number of nitrogens with one attached hydrogen (secondary N) is 2. The first-order valence-electron chi connectivity index (χ1n) is 9.84. The van der Waals surface area contributed by atoms with Crippen LogP contribution in [0.4, 0.5) is 16.3 Å². The molecule has 0 saturated heterocycles. The zero-order valence-corrected chi connectivity index (χ0v) is 18.5. The van der Waals surface area contributed by atoms with Crippen LogP contribution in [0.25, 0.3) is 5.69 Å². The summed E-state index contributed by atoms with van der Waals surface area (Å²) in [5.74, 6) is 0.817. The van der Waals surface area contributed by atoms with Gasteiger partial charge in [-0.15, -0.1) is 0 Å². The quantitative estimate of drug-likeness (QED) is 0.405. The second kappa shape index (κ2) is 9.98. The van der Waals surface area contributed by atoms with Crippen LogP contribution in [0, 0.1) is 0 Å². The lowest BCUT2D eigenvalue weighted by Crippen LogP contribution is -2.21. The van der Waals surface area contributed by atoms with Crippen LogP contribution in [0.5, 0.6) is 0 Å². The first-order chi connectivity index (χ1) is 14.4. The Bertz CT molecular complexity index is 1030. The van der Waals surface area contributed by atoms with Gasteiger partial charge in [0.05, 0.1) is 27.1 Å². The number of carbonyl (C=O) groups excluding carboxylic acids is 1. The molecule has 158 valence electrons. The topological polar surface area (TPSA) is 85.0 Å². The lowest BCUT2D eigenvalue weighted by molar-refractivity contribution is 0.262. The van der Waals surface area contributed by atoms with E-state index in [1.165, 1.54) is 0 Å². The van der Waals surface area contributed by atoms with Gasteiger partial charge < -0.3 is 11.1 Å². The molecule has 2 aromatic carbocycles. The van der Waals surface area contributed by atoms with Gasteiger partial charge in [0, 0.05) is 18.5 Å². The van der Waals surface area contributed by atoms with Crippen molar-refractivity contribution < 1.29 is 4.79 Å². The number of benzene rings is 2. The van der Waals surface area contributed by atoms with E-state index in [-0.39, 0.29) is 10.9 Å². The first kappa shape index (κ1) is 22.2. The minimum Gasteiger partial charge on any atom is -0.326 e. The van der Waals surface area contributed by atoms with Gasteiger partial charge in [-0.25, -0.2) is 9.48 Å². The highest BCUT2D eigenvalue weighted by Crippen LogP contribution is 2.30. The molecule has 0 saturated carbocycles. The van der Waals surface area contributed by atoms with Gasteiger partial charge >= 0.3 is 6.03 Å². The summed E-state index contributed by atoms with van der Waals surface area (Å²) < 4.78 is 1.72. The van der Waals surface area contributed by atoms with E-state index in [9.17, 15) is 4.79 Å². The number of urea groups is 1. The van der Waals surface area contributed by atoms with Crippen LogP contribution in [0.2, 0.25) is 10.0 Å². The van der Waals surface area contributed by atoms with Crippen LogP contribution in [0.15, 0.2) is 48.5 Å². The van der Waals surface area contributed by atoms with E-state index in [1.807, 2.05) is 30.3 Å². The summed E-state index contributed by atoms with van der Waals surface area (Å²) in [6.07, 6.45) is 2.05. The Labute approximate surface area is 186 Å². The monoisotopic (exact) mass is 445 g/mol. The number of hydrogen-bond donors (Lipinski definition) is 3. The molecule has 1 atom stereocenters. The van der Waals surface area contributed by atoms with Crippen LogP contribution in [-0.4, -0.2) is 15.8 Å². The molecule has 1 unspecified atom stereocenters. The van der Waals surface area contributed by atoms with Crippen molar-refractivity contribution in [2.45, 2.75) is 39.2 Å². The molecule has 0 aliphatic rings. The predicted molar refractivity (Wildman–Crippen MR) is 124 cm³/mol. The fraction of sp³-hybridized carbons (Fsp3) is 0.273. The minimum absolute atomic E-state index is 0.264. The molecular formula is C22H25Cl2N5O. The molecule has 0 spiro atoms. The van der Waals surface area contributed by atoms with Gasteiger partial charge in [0.15, 0.2) is 0 Å². The molecule has 0 aliphatic heterocycles. The molecular weight excluding hydrogens is 421 g/mol. The molecule has 0 aliphatic carbocycles. The SMILES string of the molecule is CCCC(C)c1cc(NC(=O)Nc2cccc(Cl)c2Cl)n(-c2cccc(CN)c2)n1. The van der Waals surface area contributed by atoms with E-state index >= 15 is 0 Å². The zero-order chi connectivity index (χ0) is 21.7. The van der Waals surface area contributed by atoms with E-state index in [0.29, 0.717) is 23.1 Å². The van der Waals surface area contributed by atoms with Crippen molar-refractivity contribution in [2.75, 3.05) is 10.6 Å². The molecule has 1 aromatic heterocycles. The zero-order valence-electron chi connectivity index (χ0n) is 17.0. The van der Waals surface area contributed by atoms with Crippen LogP contribution >= 0.6 is 23.2 Å². The van der Waals surface area contributed by atoms with Crippen molar-refractivity contribution in [1.82, 2.24) is 9.78 Å². The number of amides is 2. The van der Waals surface area contributed by atoms with Gasteiger partial charge in [-0.1, -0.05) is 61.7 Å². The fourth-order valence-electron chi connectivity index (χ4n) is 3.19. The van der Waals surface area contributed by atoms with Crippen molar-refractivity contribution in [3.63, 3.8) is 0 Å². The Morgan fingerprint density at radius 1 is 1.17 bits per heavy atom. The van der Waals surface area contributed by atoms with E-state index in [0.717, 1.165) is 29.8 Å². The van der Waals surface area contributed by atoms with Gasteiger partial charge in [-0.2, -0.15) is 5.10 Å². The molecule has 6 nitrogen and oxygen atoms in total. The summed E-state index contributed by atoms with van der Waals surface area (Å²) in [7, 11) is 0. The van der Waals surface area contributed by atoms with E-state index < -0.39 is 6.03 Å². The van der Waals surface area contributed by atoms with Crippen molar-refractivity contribution in [1.29, 1.82) is 0 Å². The molecule has 8 heteroatoms. The van der Waals surface area contributed by atoms with Gasteiger partial charge in [-0.05, 0) is 36.2 Å². The Kier molecular flexibility index (Phi) is 7.37. The van der Waals surface area contributed by atoms with Crippen molar-refractivity contribution >= 4 is 40.7 Å². The Morgan fingerprint density at radius 3 is 2.67 bits per heavy atom. The van der Waals surface area contributed by atoms with Crippen molar-refractivity contribution in [3.8, 4) is 5.69 Å². The molecule has 1 heterocycles. The Balaban J connectivity index is 1.91. The molecule has 30 heavy (non-hydrogen) atoms. The van der Waals surface area contributed by atoms with Gasteiger partial charge in [0.2, 0.25) is 0 Å².